The Kier molecular flexibility index (Phi) is 4.68. The van der Waals surface area contributed by atoms with Crippen LogP contribution in [0.25, 0.3) is 0 Å². The van der Waals surface area contributed by atoms with Gasteiger partial charge in [-0.3, -0.25) is 0 Å². The lowest BCUT2D eigenvalue weighted by molar-refractivity contribution is 0.0626. The Bertz CT molecular complexity index is 476. The molecule has 0 saturated carbocycles. The molecule has 0 amide bonds. The van der Waals surface area contributed by atoms with Crippen molar-refractivity contribution < 1.29 is 14.6 Å². The van der Waals surface area contributed by atoms with Crippen molar-refractivity contribution in [1.82, 2.24) is 0 Å². The second-order valence-electron chi connectivity index (χ2n) is 4.41. The van der Waals surface area contributed by atoms with Crippen LogP contribution < -0.4 is 20.9 Å². The molecule has 0 fully saturated rings. The lowest BCUT2D eigenvalue weighted by Gasteiger charge is -2.13. The van der Waals surface area contributed by atoms with Gasteiger partial charge >= 0.3 is 0 Å². The Labute approximate surface area is 117 Å². The van der Waals surface area contributed by atoms with Gasteiger partial charge in [-0.1, -0.05) is 0 Å². The normalized spacial score (nSPS) is 10.5. The van der Waals surface area contributed by atoms with Crippen LogP contribution in [0.15, 0.2) is 48.5 Å². The van der Waals surface area contributed by atoms with E-state index in [1.165, 1.54) is 0 Å². The van der Waals surface area contributed by atoms with Crippen LogP contribution in [0, 0.1) is 0 Å². The molecule has 2 aromatic carbocycles. The van der Waals surface area contributed by atoms with Gasteiger partial charge in [0.15, 0.2) is 0 Å². The van der Waals surface area contributed by atoms with E-state index in [-0.39, 0.29) is 13.2 Å². The van der Waals surface area contributed by atoms with Crippen molar-refractivity contribution in [2.45, 2.75) is 6.10 Å². The van der Waals surface area contributed by atoms with Gasteiger partial charge < -0.3 is 26.0 Å². The Morgan fingerprint density at radius 1 is 0.750 bits per heavy atom. The first-order chi connectivity index (χ1) is 9.63. The lowest BCUT2D eigenvalue weighted by Crippen LogP contribution is -2.25. The van der Waals surface area contributed by atoms with Crippen LogP contribution in [0.1, 0.15) is 0 Å². The molecule has 0 heterocycles. The number of hydrogen-bond acceptors (Lipinski definition) is 5. The lowest BCUT2D eigenvalue weighted by atomic mass is 10.3. The van der Waals surface area contributed by atoms with Crippen LogP contribution in [0.3, 0.4) is 0 Å². The van der Waals surface area contributed by atoms with Crippen LogP contribution in [0.2, 0.25) is 0 Å². The maximum atomic E-state index is 9.78. The van der Waals surface area contributed by atoms with Crippen LogP contribution in [-0.4, -0.2) is 24.4 Å². The summed E-state index contributed by atoms with van der Waals surface area (Å²) in [6.07, 6.45) is -0.717. The molecule has 0 bridgehead atoms. The summed E-state index contributed by atoms with van der Waals surface area (Å²) in [4.78, 5) is 0. The van der Waals surface area contributed by atoms with Gasteiger partial charge in [0.25, 0.3) is 0 Å². The van der Waals surface area contributed by atoms with Crippen LogP contribution in [0.4, 0.5) is 11.4 Å². The van der Waals surface area contributed by atoms with Crippen molar-refractivity contribution in [1.29, 1.82) is 0 Å². The zero-order chi connectivity index (χ0) is 14.4. The molecule has 0 spiro atoms. The predicted octanol–water partition coefficient (Wildman–Crippen LogP) is 1.67. The molecule has 0 saturated heterocycles. The smallest absolute Gasteiger partial charge is 0.122 e. The number of anilines is 2. The van der Waals surface area contributed by atoms with E-state index in [0.717, 1.165) is 0 Å². The van der Waals surface area contributed by atoms with Crippen molar-refractivity contribution in [3.05, 3.63) is 48.5 Å². The molecule has 0 aliphatic rings. The number of ether oxygens (including phenoxy) is 2. The summed E-state index contributed by atoms with van der Waals surface area (Å²) in [5.74, 6) is 1.32. The molecule has 0 aliphatic heterocycles. The Morgan fingerprint density at radius 3 is 1.45 bits per heavy atom. The zero-order valence-electron chi connectivity index (χ0n) is 11.0. The van der Waals surface area contributed by atoms with Crippen molar-refractivity contribution in [3.8, 4) is 11.5 Å². The van der Waals surface area contributed by atoms with E-state index in [0.29, 0.717) is 22.9 Å². The maximum Gasteiger partial charge on any atom is 0.122 e. The number of hydrogen-bond donors (Lipinski definition) is 3. The molecular weight excluding hydrogens is 256 g/mol. The summed E-state index contributed by atoms with van der Waals surface area (Å²) >= 11 is 0. The van der Waals surface area contributed by atoms with Crippen LogP contribution >= 0.6 is 0 Å². The standard InChI is InChI=1S/C15H18N2O3/c16-11-1-5-14(6-2-11)19-9-13(18)10-20-15-7-3-12(17)4-8-15/h1-8,13,18H,9-10,16-17H2. The van der Waals surface area contributed by atoms with E-state index in [1.54, 1.807) is 48.5 Å². The molecule has 5 heteroatoms. The molecule has 106 valence electrons. The number of nitrogen functional groups attached to an aromatic ring is 2. The molecule has 0 aliphatic carbocycles. The van der Waals surface area contributed by atoms with Gasteiger partial charge in [0.1, 0.15) is 30.8 Å². The Hall–Kier alpha value is -2.40. The third kappa shape index (κ3) is 4.37. The molecule has 5 N–H and O–H groups in total. The third-order valence-electron chi connectivity index (χ3n) is 2.64. The Balaban J connectivity index is 1.73. The number of benzene rings is 2. The molecule has 2 aromatic rings. The second kappa shape index (κ2) is 6.68. The molecule has 2 rings (SSSR count). The van der Waals surface area contributed by atoms with Crippen LogP contribution in [-0.2, 0) is 0 Å². The minimum absolute atomic E-state index is 0.152. The van der Waals surface area contributed by atoms with E-state index < -0.39 is 6.10 Å². The summed E-state index contributed by atoms with van der Waals surface area (Å²) in [5, 5.41) is 9.78. The molecule has 0 radical (unpaired) electrons. The van der Waals surface area contributed by atoms with Gasteiger partial charge in [-0.2, -0.15) is 0 Å². The molecular formula is C15H18N2O3. The fourth-order valence-corrected chi connectivity index (χ4v) is 1.56. The van der Waals surface area contributed by atoms with Crippen molar-refractivity contribution in [2.24, 2.45) is 0 Å². The first-order valence-electron chi connectivity index (χ1n) is 6.28. The minimum Gasteiger partial charge on any atom is -0.491 e. The minimum atomic E-state index is -0.717. The van der Waals surface area contributed by atoms with E-state index in [4.69, 9.17) is 20.9 Å². The van der Waals surface area contributed by atoms with Gasteiger partial charge in [0, 0.05) is 11.4 Å². The summed E-state index contributed by atoms with van der Waals surface area (Å²) in [6.45, 7) is 0.303. The molecule has 5 nitrogen and oxygen atoms in total. The zero-order valence-corrected chi connectivity index (χ0v) is 11.0. The largest absolute Gasteiger partial charge is 0.491 e. The SMILES string of the molecule is Nc1ccc(OCC(O)COc2ccc(N)cc2)cc1. The van der Waals surface area contributed by atoms with Gasteiger partial charge in [-0.15, -0.1) is 0 Å². The first kappa shape index (κ1) is 14.0. The highest BCUT2D eigenvalue weighted by molar-refractivity contribution is 5.42. The van der Waals surface area contributed by atoms with Crippen molar-refractivity contribution in [2.75, 3.05) is 24.7 Å². The maximum absolute atomic E-state index is 9.78. The Morgan fingerprint density at radius 2 is 1.10 bits per heavy atom. The molecule has 20 heavy (non-hydrogen) atoms. The molecule has 0 aromatic heterocycles. The van der Waals surface area contributed by atoms with Gasteiger partial charge in [0.05, 0.1) is 0 Å². The summed E-state index contributed by atoms with van der Waals surface area (Å²) in [5.41, 5.74) is 12.5. The number of rotatable bonds is 6. The highest BCUT2D eigenvalue weighted by Crippen LogP contribution is 2.15. The highest BCUT2D eigenvalue weighted by atomic mass is 16.5. The highest BCUT2D eigenvalue weighted by Gasteiger charge is 2.06. The van der Waals surface area contributed by atoms with Gasteiger partial charge in [-0.25, -0.2) is 0 Å². The van der Waals surface area contributed by atoms with Crippen LogP contribution in [0.5, 0.6) is 11.5 Å². The number of nitrogens with two attached hydrogens (primary N) is 2. The molecule has 0 atom stereocenters. The quantitative estimate of drug-likeness (QED) is 0.697. The van der Waals surface area contributed by atoms with Crippen molar-refractivity contribution >= 4 is 11.4 Å². The monoisotopic (exact) mass is 274 g/mol. The third-order valence-corrected chi connectivity index (χ3v) is 2.64. The fraction of sp³-hybridized carbons (Fsp3) is 0.200. The van der Waals surface area contributed by atoms with E-state index in [1.807, 2.05) is 0 Å². The number of aliphatic hydroxyl groups is 1. The van der Waals surface area contributed by atoms with E-state index in [9.17, 15) is 5.11 Å². The topological polar surface area (TPSA) is 90.7 Å². The summed E-state index contributed by atoms with van der Waals surface area (Å²) < 4.78 is 10.8. The summed E-state index contributed by atoms with van der Waals surface area (Å²) in [7, 11) is 0. The summed E-state index contributed by atoms with van der Waals surface area (Å²) in [6, 6.07) is 14.0. The fourth-order valence-electron chi connectivity index (χ4n) is 1.56. The van der Waals surface area contributed by atoms with E-state index >= 15 is 0 Å². The molecule has 0 unspecified atom stereocenters. The van der Waals surface area contributed by atoms with Gasteiger partial charge in [0.2, 0.25) is 0 Å². The van der Waals surface area contributed by atoms with Crippen molar-refractivity contribution in [3.63, 3.8) is 0 Å². The predicted molar refractivity (Wildman–Crippen MR) is 78.7 cm³/mol. The first-order valence-corrected chi connectivity index (χ1v) is 6.28. The van der Waals surface area contributed by atoms with E-state index in [2.05, 4.69) is 0 Å². The second-order valence-corrected chi connectivity index (χ2v) is 4.41. The number of aliphatic hydroxyl groups excluding tert-OH is 1. The van der Waals surface area contributed by atoms with Gasteiger partial charge in [-0.05, 0) is 48.5 Å². The average Bonchev–Trinajstić information content (AvgIpc) is 2.46. The average molecular weight is 274 g/mol.